The molecule has 1 fully saturated rings. The lowest BCUT2D eigenvalue weighted by atomic mass is 10.1. The van der Waals surface area contributed by atoms with Crippen molar-refractivity contribution in [3.8, 4) is 11.5 Å². The highest BCUT2D eigenvalue weighted by Crippen LogP contribution is 2.29. The lowest BCUT2D eigenvalue weighted by Gasteiger charge is -2.14. The number of aromatic hydroxyl groups is 1. The molecule has 0 radical (unpaired) electrons. The number of phenols is 1. The van der Waals surface area contributed by atoms with Gasteiger partial charge in [-0.15, -0.1) is 0 Å². The van der Waals surface area contributed by atoms with Gasteiger partial charge in [0, 0.05) is 5.02 Å². The molecule has 0 bridgehead atoms. The van der Waals surface area contributed by atoms with Crippen LogP contribution in [0.2, 0.25) is 5.02 Å². The van der Waals surface area contributed by atoms with Crippen molar-refractivity contribution in [2.24, 2.45) is 0 Å². The molecule has 0 aliphatic carbocycles. The molecule has 7 heteroatoms. The maximum Gasteiger partial charge on any atom is 0.282 e. The van der Waals surface area contributed by atoms with E-state index in [-0.39, 0.29) is 17.1 Å². The molecule has 0 aromatic heterocycles. The molecule has 0 atom stereocenters. The second-order valence-corrected chi connectivity index (χ2v) is 5.71. The zero-order valence-corrected chi connectivity index (χ0v) is 14.1. The Morgan fingerprint density at radius 1 is 1.20 bits per heavy atom. The van der Waals surface area contributed by atoms with Gasteiger partial charge in [-0.05, 0) is 55.0 Å². The van der Waals surface area contributed by atoms with Crippen molar-refractivity contribution in [2.45, 2.75) is 6.92 Å². The fourth-order valence-electron chi connectivity index (χ4n) is 2.39. The van der Waals surface area contributed by atoms with E-state index < -0.39 is 11.8 Å². The summed E-state index contributed by atoms with van der Waals surface area (Å²) in [5.41, 5.74) is 3.58. The maximum absolute atomic E-state index is 12.5. The average molecular weight is 359 g/mol. The maximum atomic E-state index is 12.5. The van der Waals surface area contributed by atoms with Gasteiger partial charge >= 0.3 is 0 Å². The first kappa shape index (κ1) is 16.9. The van der Waals surface area contributed by atoms with Crippen LogP contribution in [0.15, 0.2) is 48.0 Å². The van der Waals surface area contributed by atoms with E-state index in [0.29, 0.717) is 22.9 Å². The second kappa shape index (κ2) is 6.86. The highest BCUT2D eigenvalue weighted by atomic mass is 35.5. The predicted octanol–water partition coefficient (Wildman–Crippen LogP) is 2.91. The minimum atomic E-state index is -0.508. The summed E-state index contributed by atoms with van der Waals surface area (Å²) in [5, 5.41) is 11.4. The number of hydrogen-bond donors (Lipinski definition) is 2. The minimum absolute atomic E-state index is 0.00556. The van der Waals surface area contributed by atoms with Crippen molar-refractivity contribution in [3.63, 3.8) is 0 Å². The summed E-state index contributed by atoms with van der Waals surface area (Å²) in [6, 6.07) is 11.1. The number of carbonyl (C=O) groups is 2. The summed E-state index contributed by atoms with van der Waals surface area (Å²) in [6.07, 6.45) is 1.45. The largest absolute Gasteiger partial charge is 0.504 e. The molecule has 6 nitrogen and oxygen atoms in total. The van der Waals surface area contributed by atoms with Crippen LogP contribution in [-0.4, -0.2) is 23.5 Å². The van der Waals surface area contributed by atoms with Gasteiger partial charge in [-0.1, -0.05) is 17.7 Å². The first-order valence-electron chi connectivity index (χ1n) is 7.58. The Labute approximate surface area is 149 Å². The van der Waals surface area contributed by atoms with E-state index in [0.717, 1.165) is 5.01 Å². The highest BCUT2D eigenvalue weighted by molar-refractivity contribution is 6.32. The molecule has 2 amide bonds. The number of phenolic OH excluding ortho intramolecular Hbond substituents is 1. The fraction of sp³-hybridized carbons (Fsp3) is 0.111. The second-order valence-electron chi connectivity index (χ2n) is 5.28. The predicted molar refractivity (Wildman–Crippen MR) is 94.3 cm³/mol. The zero-order chi connectivity index (χ0) is 18.0. The van der Waals surface area contributed by atoms with Crippen molar-refractivity contribution in [1.82, 2.24) is 5.43 Å². The van der Waals surface area contributed by atoms with Gasteiger partial charge in [-0.3, -0.25) is 15.0 Å². The summed E-state index contributed by atoms with van der Waals surface area (Å²) < 4.78 is 5.31. The van der Waals surface area contributed by atoms with Crippen LogP contribution in [0.3, 0.4) is 0 Å². The SMILES string of the molecule is CCOc1cc(/C=C2/C(=O)NN(c3ccc(Cl)cc3)C2=O)ccc1O. The summed E-state index contributed by atoms with van der Waals surface area (Å²) in [4.78, 5) is 24.7. The summed E-state index contributed by atoms with van der Waals surface area (Å²) >= 11 is 5.84. The molecule has 2 N–H and O–H groups in total. The number of anilines is 1. The number of hydrazine groups is 1. The molecule has 0 saturated carbocycles. The summed E-state index contributed by atoms with van der Waals surface area (Å²) in [5.74, 6) is -0.699. The quantitative estimate of drug-likeness (QED) is 0.650. The number of ether oxygens (including phenoxy) is 1. The van der Waals surface area contributed by atoms with Crippen molar-refractivity contribution in [1.29, 1.82) is 0 Å². The normalized spacial score (nSPS) is 15.6. The van der Waals surface area contributed by atoms with Gasteiger partial charge in [-0.25, -0.2) is 5.01 Å². The molecule has 1 aliphatic rings. The summed E-state index contributed by atoms with van der Waals surface area (Å²) in [6.45, 7) is 2.18. The Morgan fingerprint density at radius 3 is 2.60 bits per heavy atom. The van der Waals surface area contributed by atoms with Crippen molar-refractivity contribution >= 4 is 35.2 Å². The molecule has 1 saturated heterocycles. The zero-order valence-electron chi connectivity index (χ0n) is 13.3. The molecule has 25 heavy (non-hydrogen) atoms. The number of rotatable bonds is 4. The molecular weight excluding hydrogens is 344 g/mol. The molecule has 2 aromatic rings. The molecular formula is C18H15ClN2O4. The number of nitrogens with one attached hydrogen (secondary N) is 1. The third kappa shape index (κ3) is 3.44. The first-order valence-corrected chi connectivity index (χ1v) is 7.96. The van der Waals surface area contributed by atoms with Crippen LogP contribution in [0.5, 0.6) is 11.5 Å². The Kier molecular flexibility index (Phi) is 4.63. The van der Waals surface area contributed by atoms with Gasteiger partial charge in [0.15, 0.2) is 11.5 Å². The lowest BCUT2D eigenvalue weighted by molar-refractivity contribution is -0.117. The smallest absolute Gasteiger partial charge is 0.282 e. The number of halogens is 1. The van der Waals surface area contributed by atoms with E-state index in [9.17, 15) is 14.7 Å². The third-order valence-electron chi connectivity index (χ3n) is 3.57. The third-order valence-corrected chi connectivity index (χ3v) is 3.82. The number of nitrogens with zero attached hydrogens (tertiary/aromatic N) is 1. The monoisotopic (exact) mass is 358 g/mol. The van der Waals surface area contributed by atoms with Gasteiger partial charge in [0.25, 0.3) is 11.8 Å². The standard InChI is InChI=1S/C18H15ClN2O4/c1-2-25-16-10-11(3-8-15(16)22)9-14-17(23)20-21(18(14)24)13-6-4-12(19)5-7-13/h3-10,22H,2H2,1H3,(H,20,23)/b14-9-. The first-order chi connectivity index (χ1) is 12.0. The van der Waals surface area contributed by atoms with Crippen LogP contribution >= 0.6 is 11.6 Å². The van der Waals surface area contributed by atoms with E-state index in [1.165, 1.54) is 12.1 Å². The van der Waals surface area contributed by atoms with Crippen molar-refractivity contribution in [2.75, 3.05) is 11.6 Å². The molecule has 128 valence electrons. The Bertz CT molecular complexity index is 862. The lowest BCUT2D eigenvalue weighted by Crippen LogP contribution is -2.35. The fourth-order valence-corrected chi connectivity index (χ4v) is 2.51. The van der Waals surface area contributed by atoms with Crippen molar-refractivity contribution in [3.05, 3.63) is 58.6 Å². The van der Waals surface area contributed by atoms with Gasteiger partial charge in [0.2, 0.25) is 0 Å². The van der Waals surface area contributed by atoms with Crippen LogP contribution in [-0.2, 0) is 9.59 Å². The average Bonchev–Trinajstić information content (AvgIpc) is 2.87. The van der Waals surface area contributed by atoms with Gasteiger partial charge in [0.1, 0.15) is 5.57 Å². The number of benzene rings is 2. The summed E-state index contributed by atoms with van der Waals surface area (Å²) in [7, 11) is 0. The highest BCUT2D eigenvalue weighted by Gasteiger charge is 2.34. The van der Waals surface area contributed by atoms with E-state index in [1.54, 1.807) is 43.3 Å². The molecule has 0 spiro atoms. The van der Waals surface area contributed by atoms with Crippen LogP contribution in [0.4, 0.5) is 5.69 Å². The van der Waals surface area contributed by atoms with Crippen LogP contribution < -0.4 is 15.2 Å². The molecule has 3 rings (SSSR count). The molecule has 2 aromatic carbocycles. The molecule has 1 heterocycles. The van der Waals surface area contributed by atoms with Gasteiger partial charge < -0.3 is 9.84 Å². The van der Waals surface area contributed by atoms with E-state index in [1.807, 2.05) is 0 Å². The minimum Gasteiger partial charge on any atom is -0.504 e. The van der Waals surface area contributed by atoms with Crippen molar-refractivity contribution < 1.29 is 19.4 Å². The Balaban J connectivity index is 1.91. The number of hydrogen-bond acceptors (Lipinski definition) is 4. The number of amides is 2. The van der Waals surface area contributed by atoms with Crippen LogP contribution in [0, 0.1) is 0 Å². The Hall–Kier alpha value is -2.99. The molecule has 1 aliphatic heterocycles. The van der Waals surface area contributed by atoms with Crippen LogP contribution in [0.25, 0.3) is 6.08 Å². The van der Waals surface area contributed by atoms with Gasteiger partial charge in [-0.2, -0.15) is 0 Å². The number of carbonyl (C=O) groups excluding carboxylic acids is 2. The van der Waals surface area contributed by atoms with Crippen LogP contribution in [0.1, 0.15) is 12.5 Å². The van der Waals surface area contributed by atoms with Gasteiger partial charge in [0.05, 0.1) is 12.3 Å². The van der Waals surface area contributed by atoms with E-state index >= 15 is 0 Å². The topological polar surface area (TPSA) is 78.9 Å². The molecule has 0 unspecified atom stereocenters. The van der Waals surface area contributed by atoms with E-state index in [2.05, 4.69) is 5.43 Å². The Morgan fingerprint density at radius 2 is 1.92 bits per heavy atom. The van der Waals surface area contributed by atoms with E-state index in [4.69, 9.17) is 16.3 Å².